The van der Waals surface area contributed by atoms with Crippen LogP contribution in [-0.2, 0) is 6.42 Å². The van der Waals surface area contributed by atoms with E-state index in [-0.39, 0.29) is 6.10 Å². The van der Waals surface area contributed by atoms with Crippen molar-refractivity contribution in [2.75, 3.05) is 18.6 Å². The van der Waals surface area contributed by atoms with E-state index in [2.05, 4.69) is 53.9 Å². The van der Waals surface area contributed by atoms with Crippen molar-refractivity contribution < 1.29 is 9.47 Å². The zero-order valence-electron chi connectivity index (χ0n) is 13.9. The molecule has 1 atom stereocenters. The van der Waals surface area contributed by atoms with E-state index in [1.165, 1.54) is 34.6 Å². The number of rotatable bonds is 3. The van der Waals surface area contributed by atoms with E-state index in [1.54, 1.807) is 7.11 Å². The molecule has 0 saturated carbocycles. The average Bonchev–Trinajstić information content (AvgIpc) is 2.68. The fourth-order valence-electron chi connectivity index (χ4n) is 3.31. The third-order valence-electron chi connectivity index (χ3n) is 4.59. The third kappa shape index (κ3) is 3.40. The van der Waals surface area contributed by atoms with E-state index < -0.39 is 0 Å². The molecule has 0 aliphatic carbocycles. The lowest BCUT2D eigenvalue weighted by Crippen LogP contribution is -2.15. The highest BCUT2D eigenvalue weighted by atomic mass is 32.2. The normalized spacial score (nSPS) is 21.0. The Labute approximate surface area is 152 Å². The summed E-state index contributed by atoms with van der Waals surface area (Å²) in [4.78, 5) is 0. The van der Waals surface area contributed by atoms with Gasteiger partial charge in [-0.15, -0.1) is 23.5 Å². The highest BCUT2D eigenvalue weighted by Crippen LogP contribution is 2.45. The van der Waals surface area contributed by atoms with E-state index in [4.69, 9.17) is 9.47 Å². The molecule has 0 bridgehead atoms. The SMILES string of the molecule is COc1cccc(C2CCc3cc(C4SCCCS4)ccc3O2)c1. The second-order valence-corrected chi connectivity index (χ2v) is 8.94. The van der Waals surface area contributed by atoms with Gasteiger partial charge < -0.3 is 9.47 Å². The van der Waals surface area contributed by atoms with Crippen LogP contribution in [0.3, 0.4) is 0 Å². The summed E-state index contributed by atoms with van der Waals surface area (Å²) in [6.07, 6.45) is 3.56. The molecule has 1 fully saturated rings. The Morgan fingerprint density at radius 3 is 2.75 bits per heavy atom. The lowest BCUT2D eigenvalue weighted by atomic mass is 9.96. The van der Waals surface area contributed by atoms with Gasteiger partial charge in [0.05, 0.1) is 11.7 Å². The highest BCUT2D eigenvalue weighted by Gasteiger charge is 2.24. The molecular weight excluding hydrogens is 336 g/mol. The van der Waals surface area contributed by atoms with Gasteiger partial charge in [-0.3, -0.25) is 0 Å². The van der Waals surface area contributed by atoms with Crippen LogP contribution in [0.15, 0.2) is 42.5 Å². The van der Waals surface area contributed by atoms with Crippen molar-refractivity contribution in [3.8, 4) is 11.5 Å². The maximum absolute atomic E-state index is 6.29. The number of ether oxygens (including phenoxy) is 2. The number of fused-ring (bicyclic) bond motifs is 1. The van der Waals surface area contributed by atoms with E-state index in [0.717, 1.165) is 24.3 Å². The molecule has 4 heteroatoms. The summed E-state index contributed by atoms with van der Waals surface area (Å²) in [5.41, 5.74) is 4.01. The smallest absolute Gasteiger partial charge is 0.124 e. The van der Waals surface area contributed by atoms with Crippen molar-refractivity contribution in [2.24, 2.45) is 0 Å². The van der Waals surface area contributed by atoms with E-state index in [0.29, 0.717) is 4.58 Å². The predicted octanol–water partition coefficient (Wildman–Crippen LogP) is 5.63. The first-order valence-corrected chi connectivity index (χ1v) is 10.6. The van der Waals surface area contributed by atoms with E-state index >= 15 is 0 Å². The van der Waals surface area contributed by atoms with Crippen LogP contribution in [0.5, 0.6) is 11.5 Å². The Morgan fingerprint density at radius 1 is 1.04 bits per heavy atom. The fourth-order valence-corrected chi connectivity index (χ4v) is 6.19. The van der Waals surface area contributed by atoms with Crippen molar-refractivity contribution in [2.45, 2.75) is 29.9 Å². The fraction of sp³-hybridized carbons (Fsp3) is 0.400. The predicted molar refractivity (Wildman–Crippen MR) is 103 cm³/mol. The lowest BCUT2D eigenvalue weighted by molar-refractivity contribution is 0.176. The molecule has 2 aliphatic heterocycles. The summed E-state index contributed by atoms with van der Waals surface area (Å²) < 4.78 is 12.2. The molecule has 0 amide bonds. The van der Waals surface area contributed by atoms with Crippen molar-refractivity contribution in [1.29, 1.82) is 0 Å². The van der Waals surface area contributed by atoms with Gasteiger partial charge in [0.1, 0.15) is 17.6 Å². The summed E-state index contributed by atoms with van der Waals surface area (Å²) in [7, 11) is 1.71. The van der Waals surface area contributed by atoms with Gasteiger partial charge in [0.15, 0.2) is 0 Å². The molecular formula is C20H22O2S2. The number of hydrogen-bond acceptors (Lipinski definition) is 4. The molecule has 2 nitrogen and oxygen atoms in total. The minimum absolute atomic E-state index is 0.122. The van der Waals surface area contributed by atoms with Crippen molar-refractivity contribution in [3.05, 3.63) is 59.2 Å². The number of aryl methyl sites for hydroxylation is 1. The zero-order valence-corrected chi connectivity index (χ0v) is 15.5. The molecule has 0 radical (unpaired) electrons. The van der Waals surface area contributed by atoms with Gasteiger partial charge in [0, 0.05) is 0 Å². The van der Waals surface area contributed by atoms with Gasteiger partial charge in [-0.25, -0.2) is 0 Å². The molecule has 0 N–H and O–H groups in total. The third-order valence-corrected chi connectivity index (χ3v) is 7.61. The first kappa shape index (κ1) is 16.2. The molecule has 0 aromatic heterocycles. The van der Waals surface area contributed by atoms with Crippen molar-refractivity contribution in [3.63, 3.8) is 0 Å². The number of thioether (sulfide) groups is 2. The summed E-state index contributed by atoms with van der Waals surface area (Å²) in [5.74, 6) is 4.50. The van der Waals surface area contributed by atoms with E-state index in [1.807, 2.05) is 12.1 Å². The summed E-state index contributed by atoms with van der Waals surface area (Å²) in [6.45, 7) is 0. The number of hydrogen-bond donors (Lipinski definition) is 0. The van der Waals surface area contributed by atoms with Gasteiger partial charge in [0.2, 0.25) is 0 Å². The van der Waals surface area contributed by atoms with Crippen LogP contribution in [0.1, 0.15) is 40.2 Å². The maximum Gasteiger partial charge on any atom is 0.124 e. The molecule has 0 spiro atoms. The Balaban J connectivity index is 1.53. The van der Waals surface area contributed by atoms with Crippen LogP contribution in [0, 0.1) is 0 Å². The second kappa shape index (κ2) is 7.32. The molecule has 2 aromatic carbocycles. The van der Waals surface area contributed by atoms with Crippen LogP contribution in [-0.4, -0.2) is 18.6 Å². The first-order valence-electron chi connectivity index (χ1n) is 8.50. The van der Waals surface area contributed by atoms with E-state index in [9.17, 15) is 0 Å². The van der Waals surface area contributed by atoms with Gasteiger partial charge in [0.25, 0.3) is 0 Å². The van der Waals surface area contributed by atoms with Gasteiger partial charge >= 0.3 is 0 Å². The van der Waals surface area contributed by atoms with Crippen molar-refractivity contribution in [1.82, 2.24) is 0 Å². The summed E-state index contributed by atoms with van der Waals surface area (Å²) in [5, 5.41) is 0. The second-order valence-electron chi connectivity index (χ2n) is 6.22. The molecule has 2 heterocycles. The summed E-state index contributed by atoms with van der Waals surface area (Å²) >= 11 is 4.15. The zero-order chi connectivity index (χ0) is 16.4. The van der Waals surface area contributed by atoms with Gasteiger partial charge in [-0.1, -0.05) is 24.3 Å². The maximum atomic E-state index is 6.29. The standard InChI is InChI=1S/C20H22O2S2/c1-21-17-5-2-4-14(13-17)18-8-6-15-12-16(7-9-19(15)22-18)20-23-10-3-11-24-20/h2,4-5,7,9,12-13,18,20H,3,6,8,10-11H2,1H3. The summed E-state index contributed by atoms with van der Waals surface area (Å²) in [6, 6.07) is 15.0. The Hall–Kier alpha value is -1.26. The molecule has 24 heavy (non-hydrogen) atoms. The number of methoxy groups -OCH3 is 1. The molecule has 126 valence electrons. The number of benzene rings is 2. The minimum atomic E-state index is 0.122. The molecule has 1 unspecified atom stereocenters. The quantitative estimate of drug-likeness (QED) is 0.707. The lowest BCUT2D eigenvalue weighted by Gasteiger charge is -2.28. The monoisotopic (exact) mass is 358 g/mol. The molecule has 1 saturated heterocycles. The topological polar surface area (TPSA) is 18.5 Å². The largest absolute Gasteiger partial charge is 0.497 e. The van der Waals surface area contributed by atoms with Crippen LogP contribution < -0.4 is 9.47 Å². The molecule has 2 aliphatic rings. The molecule has 4 rings (SSSR count). The first-order chi connectivity index (χ1) is 11.8. The molecule has 2 aromatic rings. The van der Waals surface area contributed by atoms with Gasteiger partial charge in [-0.05, 0) is 65.7 Å². The Bertz CT molecular complexity index is 711. The Kier molecular flexibility index (Phi) is 4.95. The Morgan fingerprint density at radius 2 is 1.92 bits per heavy atom. The van der Waals surface area contributed by atoms with Gasteiger partial charge in [-0.2, -0.15) is 0 Å². The average molecular weight is 359 g/mol. The van der Waals surface area contributed by atoms with Crippen LogP contribution >= 0.6 is 23.5 Å². The van der Waals surface area contributed by atoms with Crippen molar-refractivity contribution >= 4 is 23.5 Å². The minimum Gasteiger partial charge on any atom is -0.497 e. The van der Waals surface area contributed by atoms with Crippen LogP contribution in [0.4, 0.5) is 0 Å². The highest BCUT2D eigenvalue weighted by molar-refractivity contribution is 8.16. The van der Waals surface area contributed by atoms with Crippen LogP contribution in [0.25, 0.3) is 0 Å². The van der Waals surface area contributed by atoms with Crippen LogP contribution in [0.2, 0.25) is 0 Å².